The molecule has 0 amide bonds. The van der Waals surface area contributed by atoms with Gasteiger partial charge in [-0.1, -0.05) is 26.0 Å². The molecule has 112 valence electrons. The maximum atomic E-state index is 11.4. The van der Waals surface area contributed by atoms with Crippen molar-refractivity contribution in [2.75, 3.05) is 17.8 Å². The van der Waals surface area contributed by atoms with E-state index in [0.717, 1.165) is 17.9 Å². The van der Waals surface area contributed by atoms with Crippen LogP contribution in [0.2, 0.25) is 0 Å². The molecule has 1 unspecified atom stereocenters. The summed E-state index contributed by atoms with van der Waals surface area (Å²) in [7, 11) is -3.09. The molecule has 1 atom stereocenters. The number of hydrogen-bond acceptors (Lipinski definition) is 4. The SMILES string of the molecule is CC1(C)CSCC(NCc2ccc(S(C)(=O)=O)cc2)C1. The molecular formula is C15H23NO2S2. The van der Waals surface area contributed by atoms with Crippen molar-refractivity contribution in [3.8, 4) is 0 Å². The lowest BCUT2D eigenvalue weighted by Gasteiger charge is -2.35. The molecular weight excluding hydrogens is 290 g/mol. The van der Waals surface area contributed by atoms with Crippen LogP contribution >= 0.6 is 11.8 Å². The monoisotopic (exact) mass is 313 g/mol. The number of benzene rings is 1. The molecule has 0 radical (unpaired) electrons. The van der Waals surface area contributed by atoms with Gasteiger partial charge in [0.2, 0.25) is 0 Å². The molecule has 0 bridgehead atoms. The first-order chi connectivity index (χ1) is 9.26. The topological polar surface area (TPSA) is 46.2 Å². The van der Waals surface area contributed by atoms with E-state index in [1.165, 1.54) is 18.4 Å². The summed E-state index contributed by atoms with van der Waals surface area (Å²) < 4.78 is 22.8. The molecule has 1 N–H and O–H groups in total. The number of sulfone groups is 1. The molecule has 1 heterocycles. The molecule has 0 aromatic heterocycles. The number of thioether (sulfide) groups is 1. The molecule has 1 aliphatic rings. The second kappa shape index (κ2) is 6.08. The third-order valence-corrected chi connectivity index (χ3v) is 6.31. The van der Waals surface area contributed by atoms with Crippen molar-refractivity contribution in [1.82, 2.24) is 5.32 Å². The van der Waals surface area contributed by atoms with Gasteiger partial charge in [0.1, 0.15) is 0 Å². The van der Waals surface area contributed by atoms with Gasteiger partial charge in [0.05, 0.1) is 4.90 Å². The van der Waals surface area contributed by atoms with Crippen LogP contribution in [-0.4, -0.2) is 32.2 Å². The first-order valence-corrected chi connectivity index (χ1v) is 9.91. The van der Waals surface area contributed by atoms with Gasteiger partial charge in [-0.2, -0.15) is 11.8 Å². The third kappa shape index (κ3) is 4.50. The number of hydrogen-bond donors (Lipinski definition) is 1. The zero-order chi connectivity index (χ0) is 14.8. The van der Waals surface area contributed by atoms with Crippen molar-refractivity contribution >= 4 is 21.6 Å². The molecule has 1 aliphatic heterocycles. The predicted molar refractivity (Wildman–Crippen MR) is 85.9 cm³/mol. The fraction of sp³-hybridized carbons (Fsp3) is 0.600. The molecule has 1 aromatic rings. The van der Waals surface area contributed by atoms with E-state index in [9.17, 15) is 8.42 Å². The van der Waals surface area contributed by atoms with Crippen molar-refractivity contribution in [3.63, 3.8) is 0 Å². The zero-order valence-corrected chi connectivity index (χ0v) is 14.0. The Morgan fingerprint density at radius 1 is 1.30 bits per heavy atom. The minimum Gasteiger partial charge on any atom is -0.309 e. The van der Waals surface area contributed by atoms with E-state index >= 15 is 0 Å². The van der Waals surface area contributed by atoms with E-state index in [4.69, 9.17) is 0 Å². The van der Waals surface area contributed by atoms with Gasteiger partial charge in [-0.15, -0.1) is 0 Å². The Bertz CT molecular complexity index is 550. The van der Waals surface area contributed by atoms with Crippen molar-refractivity contribution in [2.45, 2.75) is 37.8 Å². The summed E-state index contributed by atoms with van der Waals surface area (Å²) in [5.74, 6) is 2.39. The summed E-state index contributed by atoms with van der Waals surface area (Å²) >= 11 is 2.01. The fourth-order valence-corrected chi connectivity index (χ4v) is 4.45. The van der Waals surface area contributed by atoms with Crippen molar-refractivity contribution in [1.29, 1.82) is 0 Å². The quantitative estimate of drug-likeness (QED) is 0.928. The van der Waals surface area contributed by atoms with E-state index in [2.05, 4.69) is 19.2 Å². The van der Waals surface area contributed by atoms with E-state index in [1.807, 2.05) is 23.9 Å². The van der Waals surface area contributed by atoms with Gasteiger partial charge >= 0.3 is 0 Å². The second-order valence-corrected chi connectivity index (χ2v) is 9.42. The Hall–Kier alpha value is -0.520. The summed E-state index contributed by atoms with van der Waals surface area (Å²) in [5.41, 5.74) is 1.53. The Kier molecular flexibility index (Phi) is 4.82. The van der Waals surface area contributed by atoms with E-state index < -0.39 is 9.84 Å². The minimum absolute atomic E-state index is 0.385. The minimum atomic E-state index is -3.09. The van der Waals surface area contributed by atoms with Gasteiger partial charge in [-0.25, -0.2) is 8.42 Å². The highest BCUT2D eigenvalue weighted by atomic mass is 32.2. The summed E-state index contributed by atoms with van der Waals surface area (Å²) in [5, 5.41) is 3.58. The average molecular weight is 313 g/mol. The van der Waals surface area contributed by atoms with Crippen molar-refractivity contribution < 1.29 is 8.42 Å². The summed E-state index contributed by atoms with van der Waals surface area (Å²) in [6.45, 7) is 5.43. The van der Waals surface area contributed by atoms with E-state index in [-0.39, 0.29) is 0 Å². The normalized spacial score (nSPS) is 22.6. The predicted octanol–water partition coefficient (Wildman–Crippen LogP) is 2.71. The molecule has 5 heteroatoms. The largest absolute Gasteiger partial charge is 0.309 e. The Balaban J connectivity index is 1.91. The summed E-state index contributed by atoms with van der Waals surface area (Å²) in [4.78, 5) is 0.385. The molecule has 20 heavy (non-hydrogen) atoms. The van der Waals surface area contributed by atoms with Gasteiger partial charge in [-0.05, 0) is 35.3 Å². The second-order valence-electron chi connectivity index (χ2n) is 6.38. The summed E-state index contributed by atoms with van der Waals surface area (Å²) in [6.07, 6.45) is 2.43. The smallest absolute Gasteiger partial charge is 0.175 e. The molecule has 1 saturated heterocycles. The van der Waals surface area contributed by atoms with Gasteiger partial charge < -0.3 is 5.32 Å². The van der Waals surface area contributed by atoms with Gasteiger partial charge in [0, 0.05) is 24.6 Å². The fourth-order valence-electron chi connectivity index (χ4n) is 2.51. The zero-order valence-electron chi connectivity index (χ0n) is 12.3. The van der Waals surface area contributed by atoms with Crippen LogP contribution < -0.4 is 5.32 Å². The van der Waals surface area contributed by atoms with Crippen LogP contribution in [-0.2, 0) is 16.4 Å². The van der Waals surface area contributed by atoms with Gasteiger partial charge in [0.25, 0.3) is 0 Å². The van der Waals surface area contributed by atoms with E-state index in [0.29, 0.717) is 16.4 Å². The highest BCUT2D eigenvalue weighted by Gasteiger charge is 2.27. The van der Waals surface area contributed by atoms with Crippen LogP contribution in [0.5, 0.6) is 0 Å². The van der Waals surface area contributed by atoms with Crippen LogP contribution in [0.25, 0.3) is 0 Å². The molecule has 1 fully saturated rings. The molecule has 0 spiro atoms. The average Bonchev–Trinajstić information content (AvgIpc) is 2.35. The maximum absolute atomic E-state index is 11.4. The third-order valence-electron chi connectivity index (χ3n) is 3.56. The van der Waals surface area contributed by atoms with Crippen LogP contribution in [0, 0.1) is 5.41 Å². The van der Waals surface area contributed by atoms with Gasteiger partial charge in [-0.3, -0.25) is 0 Å². The Morgan fingerprint density at radius 3 is 2.50 bits per heavy atom. The Labute approximate surface area is 126 Å². The van der Waals surface area contributed by atoms with Crippen molar-refractivity contribution in [2.24, 2.45) is 5.41 Å². The van der Waals surface area contributed by atoms with Crippen LogP contribution in [0.1, 0.15) is 25.8 Å². The Morgan fingerprint density at radius 2 is 1.95 bits per heavy atom. The van der Waals surface area contributed by atoms with Crippen LogP contribution in [0.15, 0.2) is 29.2 Å². The highest BCUT2D eigenvalue weighted by Crippen LogP contribution is 2.33. The van der Waals surface area contributed by atoms with Gasteiger partial charge in [0.15, 0.2) is 9.84 Å². The first kappa shape index (κ1) is 15.9. The molecule has 3 nitrogen and oxygen atoms in total. The molecule has 1 aromatic carbocycles. The van der Waals surface area contributed by atoms with Crippen molar-refractivity contribution in [3.05, 3.63) is 29.8 Å². The lowest BCUT2D eigenvalue weighted by molar-refractivity contribution is 0.317. The summed E-state index contributed by atoms with van der Waals surface area (Å²) in [6, 6.07) is 7.70. The molecule has 0 aliphatic carbocycles. The lowest BCUT2D eigenvalue weighted by Crippen LogP contribution is -2.39. The lowest BCUT2D eigenvalue weighted by atomic mass is 9.88. The standard InChI is InChI=1S/C15H23NO2S2/c1-15(2)8-13(10-19-11-15)16-9-12-4-6-14(7-5-12)20(3,17)18/h4-7,13,16H,8-11H2,1-3H3. The van der Waals surface area contributed by atoms with Crippen LogP contribution in [0.4, 0.5) is 0 Å². The number of nitrogens with one attached hydrogen (secondary N) is 1. The van der Waals surface area contributed by atoms with E-state index in [1.54, 1.807) is 12.1 Å². The first-order valence-electron chi connectivity index (χ1n) is 6.86. The van der Waals surface area contributed by atoms with Crippen LogP contribution in [0.3, 0.4) is 0 Å². The maximum Gasteiger partial charge on any atom is 0.175 e. The highest BCUT2D eigenvalue weighted by molar-refractivity contribution is 7.99. The molecule has 2 rings (SSSR count). The number of rotatable bonds is 4. The molecule has 0 saturated carbocycles.